The van der Waals surface area contributed by atoms with Gasteiger partial charge in [0.2, 0.25) is 0 Å². The van der Waals surface area contributed by atoms with E-state index in [1.165, 1.54) is 34.5 Å². The van der Waals surface area contributed by atoms with Gasteiger partial charge in [0.15, 0.2) is 13.6 Å². The van der Waals surface area contributed by atoms with Crippen LogP contribution in [0.15, 0.2) is 24.3 Å². The van der Waals surface area contributed by atoms with Crippen molar-refractivity contribution in [2.24, 2.45) is 0 Å². The van der Waals surface area contributed by atoms with Crippen LogP contribution >= 0.6 is 0 Å². The van der Waals surface area contributed by atoms with Crippen LogP contribution in [0.1, 0.15) is 31.8 Å². The van der Waals surface area contributed by atoms with Crippen molar-refractivity contribution in [1.82, 2.24) is 0 Å². The summed E-state index contributed by atoms with van der Waals surface area (Å²) in [5.74, 6) is -0.554. The third-order valence-corrected chi connectivity index (χ3v) is 4.03. The fraction of sp³-hybridized carbons (Fsp3) is 0.364. The number of hydrogen-bond donors (Lipinski definition) is 2. The first-order valence-electron chi connectivity index (χ1n) is 9.27. The highest BCUT2D eigenvalue weighted by Crippen LogP contribution is 2.29. The molecule has 0 aromatic heterocycles. The number of phenols is 2. The molecule has 10 nitrogen and oxygen atoms in total. The van der Waals surface area contributed by atoms with Crippen molar-refractivity contribution >= 4 is 11.9 Å². The van der Waals surface area contributed by atoms with Gasteiger partial charge >= 0.3 is 11.9 Å². The lowest BCUT2D eigenvalue weighted by Gasteiger charge is -2.14. The minimum atomic E-state index is -0.616. The van der Waals surface area contributed by atoms with E-state index >= 15 is 0 Å². The smallest absolute Gasteiger partial charge is 0.341 e. The molecule has 0 amide bonds. The van der Waals surface area contributed by atoms with E-state index in [1.807, 2.05) is 0 Å². The minimum Gasteiger partial charge on any atom is -0.508 e. The molecule has 0 aliphatic rings. The molecule has 0 bridgehead atoms. The molecule has 0 aliphatic carbocycles. The van der Waals surface area contributed by atoms with E-state index in [1.54, 1.807) is 26.0 Å². The van der Waals surface area contributed by atoms with Gasteiger partial charge in [-0.1, -0.05) is 0 Å². The third-order valence-electron chi connectivity index (χ3n) is 4.03. The Hall–Kier alpha value is -3.50. The van der Waals surface area contributed by atoms with Crippen molar-refractivity contribution < 1.29 is 48.2 Å². The molecule has 0 radical (unpaired) electrons. The molecule has 176 valence electrons. The summed E-state index contributed by atoms with van der Waals surface area (Å²) in [6, 6.07) is 5.79. The van der Waals surface area contributed by atoms with Crippen LogP contribution in [0.2, 0.25) is 0 Å². The van der Waals surface area contributed by atoms with Gasteiger partial charge in [0.25, 0.3) is 0 Å². The van der Waals surface area contributed by atoms with E-state index in [2.05, 4.69) is 4.74 Å². The summed E-state index contributed by atoms with van der Waals surface area (Å²) in [6.07, 6.45) is 0. The van der Waals surface area contributed by atoms with E-state index in [9.17, 15) is 14.7 Å². The summed E-state index contributed by atoms with van der Waals surface area (Å²) in [4.78, 5) is 22.8. The molecule has 2 N–H and O–H groups in total. The standard InChI is InChI=1S/C13H18O6.C9H10O4/c1-9-5-10(18-7-15-2)6-11(19-8-16-3)12(9)13(14)17-4;1-5-3-6(10)4-7(11)8(5)9(12)13-2/h5-6H,7-8H2,1-4H3;3-4,10-11H,1-2H3. The second-order valence-electron chi connectivity index (χ2n) is 6.35. The van der Waals surface area contributed by atoms with Crippen molar-refractivity contribution in [3.8, 4) is 23.0 Å². The number of carbonyl (C=O) groups is 2. The first kappa shape index (κ1) is 26.5. The van der Waals surface area contributed by atoms with Crippen molar-refractivity contribution in [2.75, 3.05) is 42.0 Å². The number of aryl methyl sites for hydroxylation is 2. The normalized spacial score (nSPS) is 9.94. The Bertz CT molecular complexity index is 900. The number of benzene rings is 2. The van der Waals surface area contributed by atoms with Crippen LogP contribution in [0.5, 0.6) is 23.0 Å². The highest BCUT2D eigenvalue weighted by atomic mass is 16.7. The molecule has 32 heavy (non-hydrogen) atoms. The molecule has 2 rings (SSSR count). The first-order chi connectivity index (χ1) is 15.2. The molecule has 0 spiro atoms. The maximum absolute atomic E-state index is 11.7. The van der Waals surface area contributed by atoms with Gasteiger partial charge in [-0.2, -0.15) is 0 Å². The van der Waals surface area contributed by atoms with Crippen LogP contribution in [0.25, 0.3) is 0 Å². The number of rotatable bonds is 8. The van der Waals surface area contributed by atoms with Gasteiger partial charge in [-0.05, 0) is 37.1 Å². The van der Waals surface area contributed by atoms with E-state index in [0.717, 1.165) is 6.07 Å². The van der Waals surface area contributed by atoms with Crippen molar-refractivity contribution in [1.29, 1.82) is 0 Å². The molecule has 0 atom stereocenters. The number of aromatic hydroxyl groups is 2. The Kier molecular flexibility index (Phi) is 10.8. The number of ether oxygens (including phenoxy) is 6. The van der Waals surface area contributed by atoms with E-state index in [4.69, 9.17) is 28.8 Å². The third kappa shape index (κ3) is 7.33. The number of phenolic OH excluding ortho intramolecular Hbond substituents is 2. The second kappa shape index (κ2) is 13.0. The molecular weight excluding hydrogens is 424 g/mol. The zero-order chi connectivity index (χ0) is 24.3. The highest BCUT2D eigenvalue weighted by molar-refractivity contribution is 5.94. The molecule has 0 saturated carbocycles. The Labute approximate surface area is 186 Å². The molecule has 0 unspecified atom stereocenters. The van der Waals surface area contributed by atoms with Crippen LogP contribution in [-0.4, -0.2) is 64.2 Å². The Morgan fingerprint density at radius 3 is 1.81 bits per heavy atom. The lowest BCUT2D eigenvalue weighted by molar-refractivity contribution is 0.0433. The molecule has 0 heterocycles. The summed E-state index contributed by atoms with van der Waals surface area (Å²) < 4.78 is 29.5. The Balaban J connectivity index is 0.000000343. The molecule has 2 aromatic carbocycles. The average Bonchev–Trinajstić information content (AvgIpc) is 2.75. The van der Waals surface area contributed by atoms with Crippen LogP contribution in [0, 0.1) is 13.8 Å². The zero-order valence-corrected chi connectivity index (χ0v) is 18.9. The summed E-state index contributed by atoms with van der Waals surface area (Å²) >= 11 is 0. The summed E-state index contributed by atoms with van der Waals surface area (Å²) in [7, 11) is 5.57. The summed E-state index contributed by atoms with van der Waals surface area (Å²) in [5, 5.41) is 18.4. The molecule has 2 aromatic rings. The van der Waals surface area contributed by atoms with Crippen LogP contribution < -0.4 is 9.47 Å². The van der Waals surface area contributed by atoms with E-state index in [0.29, 0.717) is 28.2 Å². The topological polar surface area (TPSA) is 130 Å². The van der Waals surface area contributed by atoms with Crippen LogP contribution in [-0.2, 0) is 18.9 Å². The minimum absolute atomic E-state index is 0.0250. The van der Waals surface area contributed by atoms with Gasteiger partial charge in [-0.3, -0.25) is 0 Å². The quantitative estimate of drug-likeness (QED) is 0.455. The Morgan fingerprint density at radius 1 is 0.750 bits per heavy atom. The predicted octanol–water partition coefficient (Wildman–Crippen LogP) is 2.94. The zero-order valence-electron chi connectivity index (χ0n) is 18.9. The lowest BCUT2D eigenvalue weighted by Crippen LogP contribution is -2.10. The maximum atomic E-state index is 11.7. The molecule has 0 aliphatic heterocycles. The average molecular weight is 452 g/mol. The monoisotopic (exact) mass is 452 g/mol. The van der Waals surface area contributed by atoms with Crippen molar-refractivity contribution in [3.63, 3.8) is 0 Å². The summed E-state index contributed by atoms with van der Waals surface area (Å²) in [6.45, 7) is 3.51. The summed E-state index contributed by atoms with van der Waals surface area (Å²) in [5.41, 5.74) is 1.60. The fourth-order valence-electron chi connectivity index (χ4n) is 2.65. The lowest BCUT2D eigenvalue weighted by atomic mass is 10.1. The number of esters is 2. The molecule has 0 saturated heterocycles. The van der Waals surface area contributed by atoms with Gasteiger partial charge < -0.3 is 38.6 Å². The van der Waals surface area contributed by atoms with Gasteiger partial charge in [0.05, 0.1) is 14.2 Å². The molecule has 0 fully saturated rings. The first-order valence-corrected chi connectivity index (χ1v) is 9.27. The SMILES string of the molecule is COC(=O)c1c(C)cc(O)cc1O.COCOc1cc(C)c(C(=O)OC)c(OCOC)c1. The molecule has 10 heteroatoms. The molecular formula is C22H28O10. The van der Waals surface area contributed by atoms with E-state index in [-0.39, 0.29) is 30.6 Å². The van der Waals surface area contributed by atoms with E-state index < -0.39 is 11.9 Å². The van der Waals surface area contributed by atoms with Crippen LogP contribution in [0.3, 0.4) is 0 Å². The van der Waals surface area contributed by atoms with Crippen LogP contribution in [0.4, 0.5) is 0 Å². The van der Waals surface area contributed by atoms with Crippen molar-refractivity contribution in [2.45, 2.75) is 13.8 Å². The predicted molar refractivity (Wildman–Crippen MR) is 113 cm³/mol. The Morgan fingerprint density at radius 2 is 1.28 bits per heavy atom. The van der Waals surface area contributed by atoms with Gasteiger partial charge in [0.1, 0.15) is 34.1 Å². The largest absolute Gasteiger partial charge is 0.508 e. The van der Waals surface area contributed by atoms with Crippen molar-refractivity contribution in [3.05, 3.63) is 46.5 Å². The number of hydrogen-bond acceptors (Lipinski definition) is 10. The van der Waals surface area contributed by atoms with Gasteiger partial charge in [-0.15, -0.1) is 0 Å². The second-order valence-corrected chi connectivity index (χ2v) is 6.35. The highest BCUT2D eigenvalue weighted by Gasteiger charge is 2.18. The number of methoxy groups -OCH3 is 4. The maximum Gasteiger partial charge on any atom is 0.341 e. The fourth-order valence-corrected chi connectivity index (χ4v) is 2.65. The van der Waals surface area contributed by atoms with Gasteiger partial charge in [-0.25, -0.2) is 9.59 Å². The number of carbonyl (C=O) groups excluding carboxylic acids is 2. The van der Waals surface area contributed by atoms with Gasteiger partial charge in [0, 0.05) is 26.4 Å².